The summed E-state index contributed by atoms with van der Waals surface area (Å²) in [5, 5.41) is 2.63. The number of ether oxygens (including phenoxy) is 1. The Morgan fingerprint density at radius 3 is 1.92 bits per heavy atom. The van der Waals surface area contributed by atoms with Gasteiger partial charge in [-0.2, -0.15) is 0 Å². The van der Waals surface area contributed by atoms with Gasteiger partial charge in [0.05, 0.1) is 5.69 Å². The average Bonchev–Trinajstić information content (AvgIpc) is 2.92. The molecular weight excluding hydrogens is 480 g/mol. The molecule has 2 amide bonds. The number of amides is 2. The molecule has 4 aromatic carbocycles. The van der Waals surface area contributed by atoms with Crippen molar-refractivity contribution >= 4 is 40.9 Å². The Hall–Kier alpha value is -4.99. The number of carbonyl (C=O) groups is 2. The predicted molar refractivity (Wildman–Crippen MR) is 148 cm³/mol. The van der Waals surface area contributed by atoms with Gasteiger partial charge < -0.3 is 4.74 Å². The molecule has 0 saturated carbocycles. The maximum absolute atomic E-state index is 13.3. The van der Waals surface area contributed by atoms with E-state index < -0.39 is 11.8 Å². The molecule has 0 atom stereocenters. The molecule has 0 radical (unpaired) electrons. The van der Waals surface area contributed by atoms with E-state index in [1.807, 2.05) is 84.9 Å². The van der Waals surface area contributed by atoms with Crippen LogP contribution in [0.25, 0.3) is 6.08 Å². The van der Waals surface area contributed by atoms with Crippen LogP contribution in [0.2, 0.25) is 0 Å². The molecule has 1 N–H and O–H groups in total. The maximum atomic E-state index is 13.3. The summed E-state index contributed by atoms with van der Waals surface area (Å²) in [6.07, 6.45) is 1.55. The summed E-state index contributed by atoms with van der Waals surface area (Å²) in [5.74, 6) is 6.49. The number of nitrogens with zero attached hydrogens (tertiary/aromatic N) is 1. The fourth-order valence-corrected chi connectivity index (χ4v) is 3.96. The third-order valence-corrected chi connectivity index (χ3v) is 5.81. The lowest BCUT2D eigenvalue weighted by Gasteiger charge is -2.29. The third-order valence-electron chi connectivity index (χ3n) is 5.52. The van der Waals surface area contributed by atoms with Crippen molar-refractivity contribution in [3.63, 3.8) is 0 Å². The summed E-state index contributed by atoms with van der Waals surface area (Å²) in [4.78, 5) is 27.2. The van der Waals surface area contributed by atoms with E-state index in [2.05, 4.69) is 17.2 Å². The molecule has 0 spiro atoms. The molecule has 0 bridgehead atoms. The lowest BCUT2D eigenvalue weighted by atomic mass is 10.1. The van der Waals surface area contributed by atoms with E-state index >= 15 is 0 Å². The fourth-order valence-electron chi connectivity index (χ4n) is 3.67. The first-order chi connectivity index (χ1) is 18.1. The molecule has 1 heterocycles. The minimum absolute atomic E-state index is 0.0127. The molecular formula is C31H20N2O3S. The average molecular weight is 501 g/mol. The zero-order chi connectivity index (χ0) is 25.6. The second-order valence-electron chi connectivity index (χ2n) is 8.10. The fraction of sp³-hybridized carbons (Fsp3) is 0. The monoisotopic (exact) mass is 500 g/mol. The molecule has 4 aromatic rings. The van der Waals surface area contributed by atoms with Gasteiger partial charge in [0, 0.05) is 11.1 Å². The van der Waals surface area contributed by atoms with Crippen LogP contribution in [0.5, 0.6) is 11.5 Å². The first-order valence-corrected chi connectivity index (χ1v) is 11.9. The van der Waals surface area contributed by atoms with Crippen LogP contribution >= 0.6 is 12.2 Å². The van der Waals surface area contributed by atoms with Gasteiger partial charge in [-0.15, -0.1) is 0 Å². The van der Waals surface area contributed by atoms with Gasteiger partial charge in [0.15, 0.2) is 5.11 Å². The number of thiocarbonyl (C=S) groups is 1. The minimum atomic E-state index is -0.539. The van der Waals surface area contributed by atoms with E-state index in [1.165, 1.54) is 4.90 Å². The molecule has 0 unspecified atom stereocenters. The van der Waals surface area contributed by atoms with Crippen molar-refractivity contribution in [1.82, 2.24) is 5.32 Å². The summed E-state index contributed by atoms with van der Waals surface area (Å²) in [7, 11) is 0. The largest absolute Gasteiger partial charge is 0.457 e. The number of hydrogen-bond acceptors (Lipinski definition) is 4. The highest BCUT2D eigenvalue weighted by Crippen LogP contribution is 2.27. The van der Waals surface area contributed by atoms with Crippen LogP contribution in [0.1, 0.15) is 16.7 Å². The second-order valence-corrected chi connectivity index (χ2v) is 8.49. The maximum Gasteiger partial charge on any atom is 0.270 e. The van der Waals surface area contributed by atoms with Gasteiger partial charge in [-0.3, -0.25) is 19.8 Å². The molecule has 5 rings (SSSR count). The number of carbonyl (C=O) groups excluding carboxylic acids is 2. The lowest BCUT2D eigenvalue weighted by Crippen LogP contribution is -2.54. The molecule has 5 nitrogen and oxygen atoms in total. The molecule has 1 fully saturated rings. The number of para-hydroxylation sites is 1. The quantitative estimate of drug-likeness (QED) is 0.169. The van der Waals surface area contributed by atoms with Gasteiger partial charge in [0.25, 0.3) is 11.8 Å². The van der Waals surface area contributed by atoms with E-state index in [0.29, 0.717) is 22.7 Å². The van der Waals surface area contributed by atoms with Gasteiger partial charge in [-0.05, 0) is 84.5 Å². The molecule has 0 aromatic heterocycles. The number of nitrogens with one attached hydrogen (secondary N) is 1. The normalized spacial score (nSPS) is 14.1. The Labute approximate surface area is 220 Å². The Morgan fingerprint density at radius 2 is 1.27 bits per heavy atom. The molecule has 1 saturated heterocycles. The van der Waals surface area contributed by atoms with Crippen molar-refractivity contribution in [2.45, 2.75) is 0 Å². The highest BCUT2D eigenvalue weighted by Gasteiger charge is 2.34. The second kappa shape index (κ2) is 10.7. The van der Waals surface area contributed by atoms with Crippen LogP contribution in [0.4, 0.5) is 5.69 Å². The van der Waals surface area contributed by atoms with Gasteiger partial charge in [0.2, 0.25) is 0 Å². The van der Waals surface area contributed by atoms with Crippen LogP contribution in [0.3, 0.4) is 0 Å². The van der Waals surface area contributed by atoms with E-state index in [-0.39, 0.29) is 10.7 Å². The molecule has 1 aliphatic rings. The topological polar surface area (TPSA) is 58.6 Å². The van der Waals surface area contributed by atoms with Crippen molar-refractivity contribution in [3.05, 3.63) is 131 Å². The van der Waals surface area contributed by atoms with Crippen molar-refractivity contribution < 1.29 is 14.3 Å². The van der Waals surface area contributed by atoms with Crippen molar-refractivity contribution in [3.8, 4) is 23.3 Å². The Balaban J connectivity index is 1.34. The summed E-state index contributed by atoms with van der Waals surface area (Å²) in [6.45, 7) is 0. The zero-order valence-electron chi connectivity index (χ0n) is 19.5. The first-order valence-electron chi connectivity index (χ1n) is 11.5. The Morgan fingerprint density at radius 1 is 0.703 bits per heavy atom. The summed E-state index contributed by atoms with van der Waals surface area (Å²) in [5.41, 5.74) is 2.96. The van der Waals surface area contributed by atoms with Crippen molar-refractivity contribution in [1.29, 1.82) is 0 Å². The standard InChI is InChI=1S/C31H20N2O3S/c34-29-28(21-24-15-13-23(14-16-24)12-11-22-7-3-1-4-8-22)30(35)33(31(37)32-29)25-17-19-27(20-18-25)36-26-9-5-2-6-10-26/h1-10,13-21H,(H,32,34,37)/b28-21-. The van der Waals surface area contributed by atoms with Crippen LogP contribution in [0.15, 0.2) is 115 Å². The van der Waals surface area contributed by atoms with Crippen LogP contribution in [0, 0.1) is 11.8 Å². The third kappa shape index (κ3) is 5.64. The van der Waals surface area contributed by atoms with Gasteiger partial charge >= 0.3 is 0 Å². The summed E-state index contributed by atoms with van der Waals surface area (Å²) >= 11 is 5.30. The first kappa shape index (κ1) is 23.7. The molecule has 37 heavy (non-hydrogen) atoms. The Kier molecular flexibility index (Phi) is 6.89. The van der Waals surface area contributed by atoms with Crippen LogP contribution in [-0.4, -0.2) is 16.9 Å². The van der Waals surface area contributed by atoms with Gasteiger partial charge in [-0.25, -0.2) is 0 Å². The minimum Gasteiger partial charge on any atom is -0.457 e. The van der Waals surface area contributed by atoms with E-state index in [0.717, 1.165) is 11.1 Å². The van der Waals surface area contributed by atoms with E-state index in [9.17, 15) is 9.59 Å². The molecule has 0 aliphatic carbocycles. The number of hydrogen-bond donors (Lipinski definition) is 1. The number of rotatable bonds is 4. The van der Waals surface area contributed by atoms with Crippen LogP contribution < -0.4 is 15.0 Å². The molecule has 1 aliphatic heterocycles. The summed E-state index contributed by atoms with van der Waals surface area (Å²) in [6, 6.07) is 33.3. The Bertz CT molecular complexity index is 1550. The molecule has 6 heteroatoms. The van der Waals surface area contributed by atoms with E-state index in [1.54, 1.807) is 30.3 Å². The van der Waals surface area contributed by atoms with Crippen molar-refractivity contribution in [2.75, 3.05) is 4.90 Å². The van der Waals surface area contributed by atoms with Gasteiger partial charge in [-0.1, -0.05) is 60.4 Å². The van der Waals surface area contributed by atoms with Gasteiger partial charge in [0.1, 0.15) is 17.1 Å². The summed E-state index contributed by atoms with van der Waals surface area (Å²) < 4.78 is 5.82. The highest BCUT2D eigenvalue weighted by molar-refractivity contribution is 7.80. The van der Waals surface area contributed by atoms with Crippen molar-refractivity contribution in [2.24, 2.45) is 0 Å². The zero-order valence-corrected chi connectivity index (χ0v) is 20.4. The smallest absolute Gasteiger partial charge is 0.270 e. The predicted octanol–water partition coefficient (Wildman–Crippen LogP) is 5.71. The molecule has 178 valence electrons. The number of benzene rings is 4. The number of anilines is 1. The lowest BCUT2D eigenvalue weighted by molar-refractivity contribution is -0.122. The van der Waals surface area contributed by atoms with E-state index in [4.69, 9.17) is 17.0 Å². The van der Waals surface area contributed by atoms with Crippen LogP contribution in [-0.2, 0) is 9.59 Å². The SMILES string of the molecule is O=C1NC(=S)N(c2ccc(Oc3ccccc3)cc2)C(=O)/C1=C\c1ccc(C#Cc2ccccc2)cc1. The highest BCUT2D eigenvalue weighted by atomic mass is 32.1.